The number of rotatable bonds is 4. The minimum atomic E-state index is -0.574. The quantitative estimate of drug-likeness (QED) is 0.872. The molecule has 0 amide bonds. The first kappa shape index (κ1) is 11.7. The molecule has 1 aromatic carbocycles. The number of hydrogen-bond donors (Lipinski definition) is 1. The van der Waals surface area contributed by atoms with E-state index >= 15 is 0 Å². The number of para-hydroxylation sites is 1. The number of ether oxygens (including phenoxy) is 1. The van der Waals surface area contributed by atoms with Crippen molar-refractivity contribution in [3.05, 3.63) is 47.8 Å². The van der Waals surface area contributed by atoms with Crippen LogP contribution in [-0.4, -0.2) is 22.0 Å². The summed E-state index contributed by atoms with van der Waals surface area (Å²) >= 11 is 0. The maximum atomic E-state index is 10.2. The molecule has 0 spiro atoms. The summed E-state index contributed by atoms with van der Waals surface area (Å²) in [5.41, 5.74) is 1.81. The van der Waals surface area contributed by atoms with Gasteiger partial charge in [-0.15, -0.1) is 0 Å². The molecule has 1 aromatic heterocycles. The van der Waals surface area contributed by atoms with Crippen LogP contribution < -0.4 is 4.74 Å². The van der Waals surface area contributed by atoms with Crippen LogP contribution in [0.5, 0.6) is 5.75 Å². The van der Waals surface area contributed by atoms with E-state index in [4.69, 9.17) is 4.74 Å². The number of aliphatic hydroxyl groups is 1. The fourth-order valence-corrected chi connectivity index (χ4v) is 1.85. The zero-order chi connectivity index (χ0) is 12.3. The lowest BCUT2D eigenvalue weighted by molar-refractivity contribution is 0.174. The van der Waals surface area contributed by atoms with E-state index in [1.165, 1.54) is 0 Å². The molecule has 1 unspecified atom stereocenters. The van der Waals surface area contributed by atoms with Crippen molar-refractivity contribution in [2.75, 3.05) is 7.11 Å². The van der Waals surface area contributed by atoms with E-state index in [1.807, 2.05) is 37.5 Å². The Morgan fingerprint density at radius 2 is 2.18 bits per heavy atom. The number of aryl methyl sites for hydroxylation is 1. The highest BCUT2D eigenvalue weighted by molar-refractivity contribution is 5.35. The Morgan fingerprint density at radius 3 is 2.82 bits per heavy atom. The van der Waals surface area contributed by atoms with Gasteiger partial charge in [-0.25, -0.2) is 0 Å². The van der Waals surface area contributed by atoms with Gasteiger partial charge in [-0.1, -0.05) is 18.2 Å². The van der Waals surface area contributed by atoms with Crippen LogP contribution >= 0.6 is 0 Å². The molecule has 1 atom stereocenters. The van der Waals surface area contributed by atoms with Gasteiger partial charge in [-0.3, -0.25) is 4.68 Å². The maximum absolute atomic E-state index is 10.2. The van der Waals surface area contributed by atoms with Gasteiger partial charge in [0.15, 0.2) is 0 Å². The standard InChI is InChI=1S/C13H16N2O2/c1-15-9-10(8-14-15)7-12(16)11-5-3-4-6-13(11)17-2/h3-6,8-9,12,16H,7H2,1-2H3. The van der Waals surface area contributed by atoms with Gasteiger partial charge < -0.3 is 9.84 Å². The monoisotopic (exact) mass is 232 g/mol. The minimum absolute atomic E-state index is 0.536. The number of methoxy groups -OCH3 is 1. The average molecular weight is 232 g/mol. The lowest BCUT2D eigenvalue weighted by Crippen LogP contribution is -2.03. The molecule has 0 radical (unpaired) electrons. The highest BCUT2D eigenvalue weighted by Crippen LogP contribution is 2.26. The van der Waals surface area contributed by atoms with Crippen LogP contribution in [-0.2, 0) is 13.5 Å². The molecule has 4 heteroatoms. The van der Waals surface area contributed by atoms with E-state index in [0.29, 0.717) is 12.2 Å². The maximum Gasteiger partial charge on any atom is 0.124 e. The van der Waals surface area contributed by atoms with Gasteiger partial charge in [0.05, 0.1) is 19.4 Å². The molecule has 1 heterocycles. The molecule has 0 bridgehead atoms. The molecule has 0 saturated heterocycles. The summed E-state index contributed by atoms with van der Waals surface area (Å²) in [7, 11) is 3.47. The van der Waals surface area contributed by atoms with Gasteiger partial charge >= 0.3 is 0 Å². The highest BCUT2D eigenvalue weighted by atomic mass is 16.5. The number of aromatic nitrogens is 2. The van der Waals surface area contributed by atoms with Crippen LogP contribution in [0.1, 0.15) is 17.2 Å². The predicted molar refractivity (Wildman–Crippen MR) is 64.9 cm³/mol. The van der Waals surface area contributed by atoms with E-state index in [-0.39, 0.29) is 0 Å². The Bertz CT molecular complexity index is 494. The molecule has 0 saturated carbocycles. The van der Waals surface area contributed by atoms with Crippen molar-refractivity contribution in [2.24, 2.45) is 7.05 Å². The van der Waals surface area contributed by atoms with E-state index in [9.17, 15) is 5.11 Å². The van der Waals surface area contributed by atoms with Crippen molar-refractivity contribution in [1.82, 2.24) is 9.78 Å². The van der Waals surface area contributed by atoms with Crippen molar-refractivity contribution in [1.29, 1.82) is 0 Å². The summed E-state index contributed by atoms with van der Waals surface area (Å²) in [6.45, 7) is 0. The van der Waals surface area contributed by atoms with E-state index in [2.05, 4.69) is 5.10 Å². The third-order valence-corrected chi connectivity index (χ3v) is 2.69. The number of hydrogen-bond acceptors (Lipinski definition) is 3. The smallest absolute Gasteiger partial charge is 0.124 e. The third-order valence-electron chi connectivity index (χ3n) is 2.69. The van der Waals surface area contributed by atoms with Crippen LogP contribution in [0.2, 0.25) is 0 Å². The first-order chi connectivity index (χ1) is 8.20. The first-order valence-electron chi connectivity index (χ1n) is 5.49. The largest absolute Gasteiger partial charge is 0.496 e. The first-order valence-corrected chi connectivity index (χ1v) is 5.49. The van der Waals surface area contributed by atoms with Gasteiger partial charge in [-0.05, 0) is 11.6 Å². The normalized spacial score (nSPS) is 12.4. The third kappa shape index (κ3) is 2.65. The molecular weight excluding hydrogens is 216 g/mol. The van der Waals surface area contributed by atoms with Crippen LogP contribution in [0.3, 0.4) is 0 Å². The zero-order valence-corrected chi connectivity index (χ0v) is 10.00. The van der Waals surface area contributed by atoms with Gasteiger partial charge in [0.1, 0.15) is 5.75 Å². The second-order valence-electron chi connectivity index (χ2n) is 3.98. The summed E-state index contributed by atoms with van der Waals surface area (Å²) < 4.78 is 6.96. The predicted octanol–water partition coefficient (Wildman–Crippen LogP) is 1.70. The molecular formula is C13H16N2O2. The molecule has 0 fully saturated rings. The van der Waals surface area contributed by atoms with Crippen molar-refractivity contribution < 1.29 is 9.84 Å². The van der Waals surface area contributed by atoms with Gasteiger partial charge in [0.2, 0.25) is 0 Å². The minimum Gasteiger partial charge on any atom is -0.496 e. The molecule has 2 rings (SSSR count). The van der Waals surface area contributed by atoms with Gasteiger partial charge in [0, 0.05) is 25.2 Å². The topological polar surface area (TPSA) is 47.3 Å². The second kappa shape index (κ2) is 5.01. The molecule has 1 N–H and O–H groups in total. The molecule has 90 valence electrons. The zero-order valence-electron chi connectivity index (χ0n) is 10.00. The van der Waals surface area contributed by atoms with Crippen molar-refractivity contribution >= 4 is 0 Å². The molecule has 0 aliphatic heterocycles. The van der Waals surface area contributed by atoms with E-state index in [0.717, 1.165) is 11.1 Å². The summed E-state index contributed by atoms with van der Waals surface area (Å²) in [6, 6.07) is 7.51. The molecule has 4 nitrogen and oxygen atoms in total. The molecule has 2 aromatic rings. The highest BCUT2D eigenvalue weighted by Gasteiger charge is 2.13. The van der Waals surface area contributed by atoms with Crippen LogP contribution in [0, 0.1) is 0 Å². The lowest BCUT2D eigenvalue weighted by atomic mass is 10.0. The Hall–Kier alpha value is -1.81. The lowest BCUT2D eigenvalue weighted by Gasteiger charge is -2.13. The Labute approximate surface area is 100 Å². The fourth-order valence-electron chi connectivity index (χ4n) is 1.85. The van der Waals surface area contributed by atoms with Crippen LogP contribution in [0.4, 0.5) is 0 Å². The Balaban J connectivity index is 2.16. The van der Waals surface area contributed by atoms with Gasteiger partial charge in [-0.2, -0.15) is 5.10 Å². The summed E-state index contributed by atoms with van der Waals surface area (Å²) in [5, 5.41) is 14.3. The van der Waals surface area contributed by atoms with E-state index < -0.39 is 6.10 Å². The number of benzene rings is 1. The molecule has 17 heavy (non-hydrogen) atoms. The summed E-state index contributed by atoms with van der Waals surface area (Å²) in [6.07, 6.45) is 3.63. The van der Waals surface area contributed by atoms with Gasteiger partial charge in [0.25, 0.3) is 0 Å². The Kier molecular flexibility index (Phi) is 3.44. The SMILES string of the molecule is COc1ccccc1C(O)Cc1cnn(C)c1. The number of nitrogens with zero attached hydrogens (tertiary/aromatic N) is 2. The van der Waals surface area contributed by atoms with Crippen molar-refractivity contribution in [3.63, 3.8) is 0 Å². The van der Waals surface area contributed by atoms with Crippen molar-refractivity contribution in [3.8, 4) is 5.75 Å². The summed E-state index contributed by atoms with van der Waals surface area (Å²) in [5.74, 6) is 0.712. The van der Waals surface area contributed by atoms with Crippen molar-refractivity contribution in [2.45, 2.75) is 12.5 Å². The summed E-state index contributed by atoms with van der Waals surface area (Å²) in [4.78, 5) is 0. The number of aliphatic hydroxyl groups excluding tert-OH is 1. The Morgan fingerprint density at radius 1 is 1.41 bits per heavy atom. The van der Waals surface area contributed by atoms with E-state index in [1.54, 1.807) is 18.0 Å². The second-order valence-corrected chi connectivity index (χ2v) is 3.98. The average Bonchev–Trinajstić information content (AvgIpc) is 2.74. The van der Waals surface area contributed by atoms with Crippen LogP contribution in [0.15, 0.2) is 36.7 Å². The molecule has 0 aliphatic rings. The van der Waals surface area contributed by atoms with Crippen LogP contribution in [0.25, 0.3) is 0 Å². The fraction of sp³-hybridized carbons (Fsp3) is 0.308. The molecule has 0 aliphatic carbocycles.